The standard InChI is InChI=1S/C17H30N2O4/c20-13-12-19(11-8-14-6-2-1-3-7-14)16(23)18-17(15(21)22)9-4-5-10-17/h14,20H,1-13H2,(H,18,23)(H,21,22). The highest BCUT2D eigenvalue weighted by molar-refractivity contribution is 5.86. The minimum Gasteiger partial charge on any atom is -0.480 e. The van der Waals surface area contributed by atoms with E-state index in [1.807, 2.05) is 0 Å². The van der Waals surface area contributed by atoms with Crippen molar-refractivity contribution in [3.63, 3.8) is 0 Å². The summed E-state index contributed by atoms with van der Waals surface area (Å²) in [4.78, 5) is 25.7. The number of amides is 2. The van der Waals surface area contributed by atoms with Gasteiger partial charge in [0.1, 0.15) is 5.54 Å². The first-order valence-electron chi connectivity index (χ1n) is 8.99. The molecule has 23 heavy (non-hydrogen) atoms. The van der Waals surface area contributed by atoms with Gasteiger partial charge in [0.05, 0.1) is 6.61 Å². The van der Waals surface area contributed by atoms with Crippen molar-refractivity contribution in [3.05, 3.63) is 0 Å². The van der Waals surface area contributed by atoms with E-state index in [1.54, 1.807) is 4.90 Å². The molecule has 0 unspecified atom stereocenters. The van der Waals surface area contributed by atoms with E-state index in [9.17, 15) is 19.8 Å². The fourth-order valence-corrected chi connectivity index (χ4v) is 3.90. The zero-order valence-corrected chi connectivity index (χ0v) is 13.9. The largest absolute Gasteiger partial charge is 0.480 e. The highest BCUT2D eigenvalue weighted by Crippen LogP contribution is 2.30. The van der Waals surface area contributed by atoms with Gasteiger partial charge in [0.15, 0.2) is 0 Å². The van der Waals surface area contributed by atoms with Gasteiger partial charge in [0.2, 0.25) is 0 Å². The van der Waals surface area contributed by atoms with Crippen molar-refractivity contribution in [1.29, 1.82) is 0 Å². The average Bonchev–Trinajstić information content (AvgIpc) is 3.02. The Morgan fingerprint density at radius 3 is 2.26 bits per heavy atom. The summed E-state index contributed by atoms with van der Waals surface area (Å²) >= 11 is 0. The molecule has 2 rings (SSSR count). The normalized spacial score (nSPS) is 21.1. The minimum atomic E-state index is -1.12. The van der Waals surface area contributed by atoms with Gasteiger partial charge in [-0.1, -0.05) is 44.9 Å². The lowest BCUT2D eigenvalue weighted by atomic mass is 9.87. The summed E-state index contributed by atoms with van der Waals surface area (Å²) in [5, 5.41) is 21.4. The molecule has 0 aromatic heterocycles. The van der Waals surface area contributed by atoms with E-state index in [2.05, 4.69) is 5.32 Å². The third kappa shape index (κ3) is 4.83. The van der Waals surface area contributed by atoms with Crippen molar-refractivity contribution < 1.29 is 19.8 Å². The smallest absolute Gasteiger partial charge is 0.329 e. The monoisotopic (exact) mass is 326 g/mol. The maximum Gasteiger partial charge on any atom is 0.329 e. The second-order valence-corrected chi connectivity index (χ2v) is 7.03. The van der Waals surface area contributed by atoms with Crippen LogP contribution in [0.2, 0.25) is 0 Å². The molecular weight excluding hydrogens is 296 g/mol. The summed E-state index contributed by atoms with van der Waals surface area (Å²) in [6, 6.07) is -0.348. The first kappa shape index (κ1) is 18.0. The number of urea groups is 1. The van der Waals surface area contributed by atoms with Gasteiger partial charge in [-0.3, -0.25) is 0 Å². The Balaban J connectivity index is 1.90. The van der Waals surface area contributed by atoms with Gasteiger partial charge in [-0.05, 0) is 25.2 Å². The number of nitrogens with zero attached hydrogens (tertiary/aromatic N) is 1. The lowest BCUT2D eigenvalue weighted by Gasteiger charge is -2.31. The number of nitrogens with one attached hydrogen (secondary N) is 1. The third-order valence-corrected chi connectivity index (χ3v) is 5.40. The Labute approximate surface area is 138 Å². The molecule has 2 saturated carbocycles. The van der Waals surface area contributed by atoms with E-state index in [0.717, 1.165) is 19.3 Å². The summed E-state index contributed by atoms with van der Waals surface area (Å²) in [6.45, 7) is 0.749. The van der Waals surface area contributed by atoms with Crippen LogP contribution in [0.5, 0.6) is 0 Å². The number of hydrogen-bond acceptors (Lipinski definition) is 3. The first-order valence-corrected chi connectivity index (χ1v) is 8.99. The van der Waals surface area contributed by atoms with Crippen LogP contribution in [0, 0.1) is 5.92 Å². The fourth-order valence-electron chi connectivity index (χ4n) is 3.90. The van der Waals surface area contributed by atoms with Crippen molar-refractivity contribution in [2.75, 3.05) is 19.7 Å². The number of carbonyl (C=O) groups excluding carboxylic acids is 1. The van der Waals surface area contributed by atoms with E-state index in [0.29, 0.717) is 25.3 Å². The van der Waals surface area contributed by atoms with E-state index >= 15 is 0 Å². The summed E-state index contributed by atoms with van der Waals surface area (Å²) in [7, 11) is 0. The molecule has 0 aromatic carbocycles. The maximum atomic E-state index is 12.5. The molecule has 0 spiro atoms. The van der Waals surface area contributed by atoms with E-state index in [-0.39, 0.29) is 19.2 Å². The number of carboxylic acid groups (broad SMARTS) is 1. The van der Waals surface area contributed by atoms with Gasteiger partial charge in [0, 0.05) is 13.1 Å². The molecule has 2 aliphatic carbocycles. The lowest BCUT2D eigenvalue weighted by Crippen LogP contribution is -2.57. The maximum absolute atomic E-state index is 12.5. The quantitative estimate of drug-likeness (QED) is 0.670. The molecule has 2 amide bonds. The van der Waals surface area contributed by atoms with Crippen LogP contribution < -0.4 is 5.32 Å². The predicted octanol–water partition coefficient (Wildman–Crippen LogP) is 2.36. The van der Waals surface area contributed by atoms with Crippen molar-refractivity contribution in [1.82, 2.24) is 10.2 Å². The molecule has 0 atom stereocenters. The van der Waals surface area contributed by atoms with Crippen LogP contribution in [0.4, 0.5) is 4.79 Å². The van der Waals surface area contributed by atoms with Gasteiger partial charge in [-0.15, -0.1) is 0 Å². The number of aliphatic hydroxyl groups excluding tert-OH is 1. The number of aliphatic hydroxyl groups is 1. The SMILES string of the molecule is O=C(NC1(C(=O)O)CCCC1)N(CCO)CCC1CCCCC1. The molecule has 2 fully saturated rings. The van der Waals surface area contributed by atoms with E-state index in [4.69, 9.17) is 0 Å². The molecule has 0 bridgehead atoms. The Morgan fingerprint density at radius 2 is 1.70 bits per heavy atom. The molecule has 6 nitrogen and oxygen atoms in total. The van der Waals surface area contributed by atoms with Crippen LogP contribution in [0.1, 0.15) is 64.2 Å². The highest BCUT2D eigenvalue weighted by atomic mass is 16.4. The number of carboxylic acids is 1. The van der Waals surface area contributed by atoms with Crippen LogP contribution in [0.3, 0.4) is 0 Å². The Hall–Kier alpha value is -1.30. The molecule has 0 aliphatic heterocycles. The molecule has 6 heteroatoms. The average molecular weight is 326 g/mol. The zero-order chi connectivity index (χ0) is 16.7. The summed E-state index contributed by atoms with van der Waals surface area (Å²) in [5.74, 6) is -0.294. The van der Waals surface area contributed by atoms with Crippen molar-refractivity contribution >= 4 is 12.0 Å². The van der Waals surface area contributed by atoms with E-state index < -0.39 is 11.5 Å². The van der Waals surface area contributed by atoms with Crippen LogP contribution in [-0.4, -0.2) is 52.3 Å². The number of rotatable bonds is 7. The predicted molar refractivity (Wildman–Crippen MR) is 87.2 cm³/mol. The molecule has 132 valence electrons. The highest BCUT2D eigenvalue weighted by Gasteiger charge is 2.43. The topological polar surface area (TPSA) is 89.9 Å². The van der Waals surface area contributed by atoms with E-state index in [1.165, 1.54) is 32.1 Å². The molecule has 0 aromatic rings. The molecular formula is C17H30N2O4. The Morgan fingerprint density at radius 1 is 1.04 bits per heavy atom. The van der Waals surface area contributed by atoms with Crippen LogP contribution >= 0.6 is 0 Å². The zero-order valence-electron chi connectivity index (χ0n) is 13.9. The minimum absolute atomic E-state index is 0.0990. The van der Waals surface area contributed by atoms with Crippen LogP contribution in [0.15, 0.2) is 0 Å². The van der Waals surface area contributed by atoms with Crippen LogP contribution in [-0.2, 0) is 4.79 Å². The summed E-state index contributed by atoms with van der Waals surface area (Å²) in [6.07, 6.45) is 9.84. The first-order chi connectivity index (χ1) is 11.1. The molecule has 3 N–H and O–H groups in total. The van der Waals surface area contributed by atoms with Crippen molar-refractivity contribution in [2.24, 2.45) is 5.92 Å². The van der Waals surface area contributed by atoms with Crippen LogP contribution in [0.25, 0.3) is 0 Å². The molecule has 0 heterocycles. The van der Waals surface area contributed by atoms with Gasteiger partial charge < -0.3 is 20.4 Å². The molecule has 0 radical (unpaired) electrons. The Bertz CT molecular complexity index is 401. The van der Waals surface area contributed by atoms with Crippen molar-refractivity contribution in [3.8, 4) is 0 Å². The second-order valence-electron chi connectivity index (χ2n) is 7.03. The van der Waals surface area contributed by atoms with Gasteiger partial charge >= 0.3 is 12.0 Å². The second kappa shape index (κ2) is 8.52. The lowest BCUT2D eigenvalue weighted by molar-refractivity contribution is -0.144. The molecule has 2 aliphatic rings. The number of aliphatic carboxylic acids is 1. The number of carbonyl (C=O) groups is 2. The van der Waals surface area contributed by atoms with Crippen molar-refractivity contribution in [2.45, 2.75) is 69.7 Å². The van der Waals surface area contributed by atoms with Gasteiger partial charge in [-0.2, -0.15) is 0 Å². The summed E-state index contributed by atoms with van der Waals surface area (Å²) < 4.78 is 0. The third-order valence-electron chi connectivity index (χ3n) is 5.40. The number of hydrogen-bond donors (Lipinski definition) is 3. The Kier molecular flexibility index (Phi) is 6.69. The summed E-state index contributed by atoms with van der Waals surface area (Å²) in [5.41, 5.74) is -1.12. The van der Waals surface area contributed by atoms with Gasteiger partial charge in [-0.25, -0.2) is 9.59 Å². The fraction of sp³-hybridized carbons (Fsp3) is 0.882. The van der Waals surface area contributed by atoms with Gasteiger partial charge in [0.25, 0.3) is 0 Å². The molecule has 0 saturated heterocycles.